The van der Waals surface area contributed by atoms with Crippen molar-refractivity contribution in [2.75, 3.05) is 33.3 Å². The Hall–Kier alpha value is -0.330. The molecule has 0 spiro atoms. The summed E-state index contributed by atoms with van der Waals surface area (Å²) in [6, 6.07) is 0.305. The first-order valence-electron chi connectivity index (χ1n) is 7.51. The fourth-order valence-corrected chi connectivity index (χ4v) is 3.50. The quantitative estimate of drug-likeness (QED) is 0.843. The van der Waals surface area contributed by atoms with Crippen molar-refractivity contribution in [2.45, 2.75) is 50.4 Å². The molecule has 0 aromatic rings. The molecule has 2 rings (SSSR count). The minimum atomic E-state index is -4.26. The number of halogens is 3. The molecule has 1 saturated heterocycles. The lowest BCUT2D eigenvalue weighted by molar-refractivity contribution is -0.322. The number of nitrogens with one attached hydrogen (secondary N) is 1. The van der Waals surface area contributed by atoms with Gasteiger partial charge in [0.25, 0.3) is 0 Å². The highest BCUT2D eigenvalue weighted by atomic mass is 19.4. The van der Waals surface area contributed by atoms with E-state index in [2.05, 4.69) is 5.32 Å². The standard InChI is InChI=1S/C14H25F3N2O/c1-3-20-13(14(15,16)17)9-19(10-13)12-6-4-11(5-7-12)8-18-2/h11-12,18H,3-10H2,1-2H3. The van der Waals surface area contributed by atoms with Gasteiger partial charge in [0.2, 0.25) is 0 Å². The Balaban J connectivity index is 1.83. The highest BCUT2D eigenvalue weighted by Gasteiger charge is 2.63. The van der Waals surface area contributed by atoms with Crippen LogP contribution in [0.3, 0.4) is 0 Å². The van der Waals surface area contributed by atoms with Crippen LogP contribution in [0.25, 0.3) is 0 Å². The van der Waals surface area contributed by atoms with Crippen LogP contribution >= 0.6 is 0 Å². The number of ether oxygens (including phenoxy) is 1. The molecule has 20 heavy (non-hydrogen) atoms. The molecule has 118 valence electrons. The Bertz CT molecular complexity index is 308. The average molecular weight is 294 g/mol. The molecule has 1 N–H and O–H groups in total. The Labute approximate surface area is 118 Å². The summed E-state index contributed by atoms with van der Waals surface area (Å²) in [5, 5.41) is 3.18. The van der Waals surface area contributed by atoms with Gasteiger partial charge in [-0.3, -0.25) is 4.90 Å². The summed E-state index contributed by atoms with van der Waals surface area (Å²) in [5.74, 6) is 0.678. The summed E-state index contributed by atoms with van der Waals surface area (Å²) < 4.78 is 44.3. The van der Waals surface area contributed by atoms with Crippen molar-refractivity contribution in [1.82, 2.24) is 10.2 Å². The van der Waals surface area contributed by atoms with Gasteiger partial charge in [-0.05, 0) is 52.1 Å². The predicted octanol–water partition coefficient (Wildman–Crippen LogP) is 2.42. The second kappa shape index (κ2) is 6.20. The van der Waals surface area contributed by atoms with Crippen molar-refractivity contribution in [2.24, 2.45) is 5.92 Å². The minimum Gasteiger partial charge on any atom is -0.363 e. The van der Waals surface area contributed by atoms with E-state index in [9.17, 15) is 13.2 Å². The van der Waals surface area contributed by atoms with Gasteiger partial charge in [0, 0.05) is 25.7 Å². The Morgan fingerprint density at radius 3 is 2.25 bits per heavy atom. The summed E-state index contributed by atoms with van der Waals surface area (Å²) in [6.07, 6.45) is -0.0347. The fourth-order valence-electron chi connectivity index (χ4n) is 3.50. The van der Waals surface area contributed by atoms with E-state index in [4.69, 9.17) is 4.74 Å². The lowest BCUT2D eigenvalue weighted by atomic mass is 9.81. The Kier molecular flexibility index (Phi) is 4.97. The molecule has 1 heterocycles. The third-order valence-electron chi connectivity index (χ3n) is 4.68. The fraction of sp³-hybridized carbons (Fsp3) is 1.00. The maximum absolute atomic E-state index is 13.1. The van der Waals surface area contributed by atoms with Crippen LogP contribution in [0, 0.1) is 5.92 Å². The molecule has 0 aromatic carbocycles. The van der Waals surface area contributed by atoms with E-state index in [1.807, 2.05) is 11.9 Å². The number of nitrogens with zero attached hydrogens (tertiary/aromatic N) is 1. The third-order valence-corrected chi connectivity index (χ3v) is 4.68. The highest BCUT2D eigenvalue weighted by Crippen LogP contribution is 2.43. The molecule has 6 heteroatoms. The maximum atomic E-state index is 13.1. The van der Waals surface area contributed by atoms with E-state index >= 15 is 0 Å². The van der Waals surface area contributed by atoms with Crippen LogP contribution in [0.1, 0.15) is 32.6 Å². The number of hydrogen-bond donors (Lipinski definition) is 1. The van der Waals surface area contributed by atoms with Crippen LogP contribution in [0.4, 0.5) is 13.2 Å². The molecular formula is C14H25F3N2O. The van der Waals surface area contributed by atoms with Gasteiger partial charge in [-0.1, -0.05) is 0 Å². The van der Waals surface area contributed by atoms with E-state index in [0.29, 0.717) is 12.0 Å². The number of likely N-dealkylation sites (tertiary alicyclic amines) is 1. The summed E-state index contributed by atoms with van der Waals surface area (Å²) >= 11 is 0. The lowest BCUT2D eigenvalue weighted by Gasteiger charge is -2.54. The van der Waals surface area contributed by atoms with E-state index in [1.54, 1.807) is 6.92 Å². The van der Waals surface area contributed by atoms with Gasteiger partial charge >= 0.3 is 6.18 Å². The number of rotatable bonds is 5. The highest BCUT2D eigenvalue weighted by molar-refractivity contribution is 5.05. The maximum Gasteiger partial charge on any atom is 0.419 e. The van der Waals surface area contributed by atoms with Crippen molar-refractivity contribution >= 4 is 0 Å². The van der Waals surface area contributed by atoms with Crippen molar-refractivity contribution in [3.05, 3.63) is 0 Å². The average Bonchev–Trinajstić information content (AvgIpc) is 2.33. The normalized spacial score (nSPS) is 31.1. The molecular weight excluding hydrogens is 269 g/mol. The molecule has 0 unspecified atom stereocenters. The number of alkyl halides is 3. The van der Waals surface area contributed by atoms with Crippen LogP contribution < -0.4 is 5.32 Å². The molecule has 1 aliphatic carbocycles. The zero-order valence-electron chi connectivity index (χ0n) is 12.3. The minimum absolute atomic E-state index is 0.00566. The van der Waals surface area contributed by atoms with Crippen LogP contribution in [-0.2, 0) is 4.74 Å². The monoisotopic (exact) mass is 294 g/mol. The van der Waals surface area contributed by atoms with Crippen LogP contribution in [0.15, 0.2) is 0 Å². The molecule has 0 amide bonds. The van der Waals surface area contributed by atoms with Crippen molar-refractivity contribution < 1.29 is 17.9 Å². The van der Waals surface area contributed by atoms with Crippen LogP contribution in [-0.4, -0.2) is 56.0 Å². The predicted molar refractivity (Wildman–Crippen MR) is 71.7 cm³/mol. The van der Waals surface area contributed by atoms with Gasteiger partial charge in [0.05, 0.1) is 0 Å². The van der Waals surface area contributed by atoms with Crippen LogP contribution in [0.2, 0.25) is 0 Å². The Morgan fingerprint density at radius 1 is 1.20 bits per heavy atom. The summed E-state index contributed by atoms with van der Waals surface area (Å²) in [7, 11) is 1.95. The second-order valence-corrected chi connectivity index (χ2v) is 6.06. The smallest absolute Gasteiger partial charge is 0.363 e. The zero-order chi connectivity index (χ0) is 14.8. The second-order valence-electron chi connectivity index (χ2n) is 6.06. The molecule has 1 saturated carbocycles. The first-order valence-corrected chi connectivity index (χ1v) is 7.51. The summed E-state index contributed by atoms with van der Waals surface area (Å²) in [4.78, 5) is 1.96. The first-order chi connectivity index (χ1) is 9.42. The molecule has 0 radical (unpaired) electrons. The van der Waals surface area contributed by atoms with E-state index in [1.165, 1.54) is 0 Å². The van der Waals surface area contributed by atoms with Gasteiger partial charge in [-0.15, -0.1) is 0 Å². The largest absolute Gasteiger partial charge is 0.419 e. The summed E-state index contributed by atoms with van der Waals surface area (Å²) in [5.41, 5.74) is -1.91. The molecule has 1 aliphatic heterocycles. The van der Waals surface area contributed by atoms with Gasteiger partial charge in [0.1, 0.15) is 0 Å². The van der Waals surface area contributed by atoms with E-state index < -0.39 is 11.8 Å². The van der Waals surface area contributed by atoms with Crippen molar-refractivity contribution in [1.29, 1.82) is 0 Å². The van der Waals surface area contributed by atoms with Crippen molar-refractivity contribution in [3.63, 3.8) is 0 Å². The lowest BCUT2D eigenvalue weighted by Crippen LogP contribution is -2.72. The van der Waals surface area contributed by atoms with E-state index in [-0.39, 0.29) is 19.7 Å². The molecule has 0 aromatic heterocycles. The molecule has 0 bridgehead atoms. The molecule has 3 nitrogen and oxygen atoms in total. The van der Waals surface area contributed by atoms with Gasteiger partial charge in [-0.2, -0.15) is 13.2 Å². The summed E-state index contributed by atoms with van der Waals surface area (Å²) in [6.45, 7) is 2.76. The first kappa shape index (κ1) is 16.0. The van der Waals surface area contributed by atoms with Crippen LogP contribution in [0.5, 0.6) is 0 Å². The van der Waals surface area contributed by atoms with Gasteiger partial charge in [0.15, 0.2) is 5.60 Å². The molecule has 2 fully saturated rings. The molecule has 2 aliphatic rings. The van der Waals surface area contributed by atoms with Gasteiger partial charge in [-0.25, -0.2) is 0 Å². The molecule has 0 atom stereocenters. The third kappa shape index (κ3) is 3.12. The number of hydrogen-bond acceptors (Lipinski definition) is 3. The van der Waals surface area contributed by atoms with Gasteiger partial charge < -0.3 is 10.1 Å². The van der Waals surface area contributed by atoms with Crippen molar-refractivity contribution in [3.8, 4) is 0 Å². The van der Waals surface area contributed by atoms with E-state index in [0.717, 1.165) is 32.2 Å². The topological polar surface area (TPSA) is 24.5 Å². The zero-order valence-corrected chi connectivity index (χ0v) is 12.3. The Morgan fingerprint density at radius 2 is 1.80 bits per heavy atom. The SMILES string of the molecule is CCOC1(C(F)(F)F)CN(C2CCC(CNC)CC2)C1.